The number of hydrogen-bond donors (Lipinski definition) is 1. The number of amides is 1. The summed E-state index contributed by atoms with van der Waals surface area (Å²) in [6, 6.07) is 16.5. The number of ether oxygens (including phenoxy) is 1. The van der Waals surface area contributed by atoms with Gasteiger partial charge in [0.1, 0.15) is 0 Å². The van der Waals surface area contributed by atoms with E-state index in [4.69, 9.17) is 4.74 Å². The second-order valence-corrected chi connectivity index (χ2v) is 8.12. The number of carbonyl (C=O) groups excluding carboxylic acids is 2. The van der Waals surface area contributed by atoms with Crippen LogP contribution < -0.4 is 10.4 Å². The fourth-order valence-electron chi connectivity index (χ4n) is 3.11. The van der Waals surface area contributed by atoms with Crippen molar-refractivity contribution in [3.05, 3.63) is 65.0 Å². The van der Waals surface area contributed by atoms with E-state index >= 15 is 0 Å². The average molecular weight is 448 g/mol. The average Bonchev–Trinajstić information content (AvgIpc) is 3.32. The summed E-state index contributed by atoms with van der Waals surface area (Å²) in [4.78, 5) is 30.3. The third-order valence-electron chi connectivity index (χ3n) is 4.69. The van der Waals surface area contributed by atoms with Crippen LogP contribution in [-0.4, -0.2) is 34.9 Å². The van der Waals surface area contributed by atoms with Crippen LogP contribution in [0.25, 0.3) is 11.3 Å². The van der Waals surface area contributed by atoms with E-state index in [0.717, 1.165) is 16.1 Å². The molecule has 0 fully saturated rings. The van der Waals surface area contributed by atoms with Crippen molar-refractivity contribution in [3.63, 3.8) is 0 Å². The molecule has 9 heteroatoms. The van der Waals surface area contributed by atoms with Gasteiger partial charge in [-0.25, -0.2) is 9.78 Å². The molecular formula is C23H21N5O3S. The molecule has 1 aliphatic heterocycles. The number of hydrogen-bond acceptors (Lipinski definition) is 8. The Morgan fingerprint density at radius 2 is 1.84 bits per heavy atom. The summed E-state index contributed by atoms with van der Waals surface area (Å²) >= 11 is 1.40. The van der Waals surface area contributed by atoms with Gasteiger partial charge in [-0.1, -0.05) is 41.7 Å². The molecule has 1 N–H and O–H groups in total. The highest BCUT2D eigenvalue weighted by atomic mass is 32.1. The van der Waals surface area contributed by atoms with E-state index in [0.29, 0.717) is 28.7 Å². The van der Waals surface area contributed by atoms with Crippen LogP contribution in [0, 0.1) is 6.92 Å². The van der Waals surface area contributed by atoms with Crippen LogP contribution in [0.3, 0.4) is 0 Å². The van der Waals surface area contributed by atoms with Crippen LogP contribution in [-0.2, 0) is 9.53 Å². The summed E-state index contributed by atoms with van der Waals surface area (Å²) < 4.78 is 4.97. The van der Waals surface area contributed by atoms with Crippen molar-refractivity contribution in [3.8, 4) is 11.3 Å². The summed E-state index contributed by atoms with van der Waals surface area (Å²) in [5.41, 5.74) is 6.43. The third kappa shape index (κ3) is 4.28. The minimum atomic E-state index is -0.386. The molecule has 0 spiro atoms. The number of nitrogens with zero attached hydrogens (tertiary/aromatic N) is 4. The van der Waals surface area contributed by atoms with Crippen LogP contribution >= 0.6 is 11.3 Å². The maximum Gasteiger partial charge on any atom is 0.338 e. The van der Waals surface area contributed by atoms with Crippen molar-refractivity contribution >= 4 is 45.5 Å². The fourth-order valence-corrected chi connectivity index (χ4v) is 3.99. The van der Waals surface area contributed by atoms with Gasteiger partial charge in [0.25, 0.3) is 0 Å². The largest absolute Gasteiger partial charge is 0.462 e. The molecule has 0 radical (unpaired) electrons. The molecule has 0 atom stereocenters. The van der Waals surface area contributed by atoms with Gasteiger partial charge in [0, 0.05) is 10.4 Å². The number of thiazole rings is 1. The van der Waals surface area contributed by atoms with Gasteiger partial charge < -0.3 is 4.74 Å². The summed E-state index contributed by atoms with van der Waals surface area (Å²) in [6.45, 7) is 5.76. The van der Waals surface area contributed by atoms with Crippen molar-refractivity contribution < 1.29 is 14.3 Å². The molecule has 0 aliphatic carbocycles. The lowest BCUT2D eigenvalue weighted by atomic mass is 10.1. The predicted molar refractivity (Wildman–Crippen MR) is 126 cm³/mol. The van der Waals surface area contributed by atoms with Crippen LogP contribution in [0.15, 0.2) is 64.8 Å². The maximum absolute atomic E-state index is 13.0. The van der Waals surface area contributed by atoms with Gasteiger partial charge >= 0.3 is 11.9 Å². The number of esters is 1. The summed E-state index contributed by atoms with van der Waals surface area (Å²) in [7, 11) is 0. The third-order valence-corrected chi connectivity index (χ3v) is 5.64. The first kappa shape index (κ1) is 21.4. The van der Waals surface area contributed by atoms with E-state index in [1.54, 1.807) is 38.1 Å². The molecule has 0 unspecified atom stereocenters. The summed E-state index contributed by atoms with van der Waals surface area (Å²) in [5.74, 6) is -0.741. The molecule has 2 aromatic carbocycles. The predicted octanol–water partition coefficient (Wildman–Crippen LogP) is 4.49. The van der Waals surface area contributed by atoms with E-state index in [2.05, 4.69) is 20.6 Å². The fraction of sp³-hybridized carbons (Fsp3) is 0.174. The quantitative estimate of drug-likeness (QED) is 0.444. The first-order valence-corrected chi connectivity index (χ1v) is 10.8. The van der Waals surface area contributed by atoms with Crippen molar-refractivity contribution in [2.45, 2.75) is 20.8 Å². The number of aryl methyl sites for hydroxylation is 1. The smallest absolute Gasteiger partial charge is 0.338 e. The summed E-state index contributed by atoms with van der Waals surface area (Å²) in [6.07, 6.45) is 0. The molecule has 1 aromatic heterocycles. The Bertz CT molecular complexity index is 1220. The lowest BCUT2D eigenvalue weighted by Crippen LogP contribution is -2.27. The van der Waals surface area contributed by atoms with Gasteiger partial charge in [-0.3, -0.25) is 10.2 Å². The van der Waals surface area contributed by atoms with Crippen molar-refractivity contribution in [1.29, 1.82) is 0 Å². The molecule has 1 aliphatic rings. The first-order valence-electron chi connectivity index (χ1n) is 10.0. The van der Waals surface area contributed by atoms with Crippen LogP contribution in [0.4, 0.5) is 10.8 Å². The zero-order valence-electron chi connectivity index (χ0n) is 17.8. The number of anilines is 2. The van der Waals surface area contributed by atoms with Crippen LogP contribution in [0.5, 0.6) is 0 Å². The van der Waals surface area contributed by atoms with Crippen molar-refractivity contribution in [2.75, 3.05) is 17.0 Å². The highest BCUT2D eigenvalue weighted by Gasteiger charge is 2.33. The molecule has 32 heavy (non-hydrogen) atoms. The molecule has 0 saturated heterocycles. The number of aromatic nitrogens is 1. The van der Waals surface area contributed by atoms with Gasteiger partial charge in [-0.15, -0.1) is 0 Å². The van der Waals surface area contributed by atoms with Crippen molar-refractivity contribution in [1.82, 2.24) is 4.98 Å². The maximum atomic E-state index is 13.0. The van der Waals surface area contributed by atoms with Crippen molar-refractivity contribution in [2.24, 2.45) is 10.2 Å². The molecule has 0 saturated carbocycles. The Balaban J connectivity index is 1.50. The standard InChI is InChI=1S/C23H21N5O3S/c1-4-31-22(30)17-10-12-18(13-11-17)25-26-19-14(2)27-28(21(19)29)23-24-20(15(3)32-23)16-8-6-5-7-9-16/h5-13,25H,4H2,1-3H3/b26-19+. The number of nitrogens with one attached hydrogen (secondary N) is 1. The van der Waals surface area contributed by atoms with E-state index in [1.807, 2.05) is 37.3 Å². The first-order chi connectivity index (χ1) is 15.5. The van der Waals surface area contributed by atoms with Gasteiger partial charge in [-0.2, -0.15) is 15.2 Å². The second-order valence-electron chi connectivity index (χ2n) is 6.94. The lowest BCUT2D eigenvalue weighted by Gasteiger charge is -2.07. The molecule has 162 valence electrons. The Morgan fingerprint density at radius 3 is 2.53 bits per heavy atom. The highest BCUT2D eigenvalue weighted by molar-refractivity contribution is 7.16. The van der Waals surface area contributed by atoms with E-state index in [9.17, 15) is 9.59 Å². The molecule has 2 heterocycles. The van der Waals surface area contributed by atoms with Gasteiger partial charge in [0.15, 0.2) is 5.71 Å². The highest BCUT2D eigenvalue weighted by Crippen LogP contribution is 2.33. The van der Waals surface area contributed by atoms with Gasteiger partial charge in [0.05, 0.1) is 29.3 Å². The minimum Gasteiger partial charge on any atom is -0.462 e. The lowest BCUT2D eigenvalue weighted by molar-refractivity contribution is -0.112. The topological polar surface area (TPSA) is 96.2 Å². The number of carbonyl (C=O) groups is 2. The zero-order valence-corrected chi connectivity index (χ0v) is 18.6. The number of benzene rings is 2. The Hall–Kier alpha value is -3.85. The van der Waals surface area contributed by atoms with E-state index in [1.165, 1.54) is 16.3 Å². The van der Waals surface area contributed by atoms with Gasteiger partial charge in [0.2, 0.25) is 5.13 Å². The Morgan fingerprint density at radius 1 is 1.12 bits per heavy atom. The molecular weight excluding hydrogens is 426 g/mol. The molecule has 1 amide bonds. The zero-order chi connectivity index (χ0) is 22.7. The number of hydrazone groups is 2. The van der Waals surface area contributed by atoms with E-state index < -0.39 is 0 Å². The minimum absolute atomic E-state index is 0.202. The summed E-state index contributed by atoms with van der Waals surface area (Å²) in [5, 5.41) is 10.4. The van der Waals surface area contributed by atoms with E-state index in [-0.39, 0.29) is 17.6 Å². The molecule has 3 aromatic rings. The number of rotatable bonds is 6. The Labute approximate surface area is 189 Å². The van der Waals surface area contributed by atoms with Gasteiger partial charge in [-0.05, 0) is 45.0 Å². The van der Waals surface area contributed by atoms with Crippen LogP contribution in [0.1, 0.15) is 29.1 Å². The molecule has 0 bridgehead atoms. The second kappa shape index (κ2) is 9.11. The Kier molecular flexibility index (Phi) is 6.09. The molecule has 4 rings (SSSR count). The molecule has 8 nitrogen and oxygen atoms in total. The SMILES string of the molecule is CCOC(=O)c1ccc(N/N=C2/C(=O)N(c3nc(-c4ccccc4)c(C)s3)N=C2C)cc1. The van der Waals surface area contributed by atoms with Crippen LogP contribution in [0.2, 0.25) is 0 Å². The normalized spacial score (nSPS) is 14.6. The monoisotopic (exact) mass is 447 g/mol.